The molecule has 0 unspecified atom stereocenters. The molecule has 0 radical (unpaired) electrons. The number of hydroxylamine groups is 1. The van der Waals surface area contributed by atoms with E-state index in [-0.39, 0.29) is 22.4 Å². The van der Waals surface area contributed by atoms with E-state index < -0.39 is 5.91 Å². The fraction of sp³-hybridized carbons (Fsp3) is 0.222. The van der Waals surface area contributed by atoms with Crippen molar-refractivity contribution in [1.82, 2.24) is 5.48 Å². The van der Waals surface area contributed by atoms with Crippen LogP contribution in [0, 0.1) is 0 Å². The Labute approximate surface area is 107 Å². The van der Waals surface area contributed by atoms with Crippen LogP contribution in [0.1, 0.15) is 0 Å². The van der Waals surface area contributed by atoms with Crippen molar-refractivity contribution < 1.29 is 14.4 Å². The van der Waals surface area contributed by atoms with Gasteiger partial charge in [-0.15, -0.1) is 0 Å². The topological polar surface area (TPSA) is 47.6 Å². The molecule has 0 aromatic heterocycles. The van der Waals surface area contributed by atoms with Gasteiger partial charge in [0.25, 0.3) is 5.91 Å². The molecule has 0 saturated heterocycles. The summed E-state index contributed by atoms with van der Waals surface area (Å²) in [6.07, 6.45) is 0. The lowest BCUT2D eigenvalue weighted by Crippen LogP contribution is -2.27. The van der Waals surface area contributed by atoms with Crippen LogP contribution in [0.4, 0.5) is 0 Å². The van der Waals surface area contributed by atoms with Crippen molar-refractivity contribution in [2.24, 2.45) is 0 Å². The fourth-order valence-electron chi connectivity index (χ4n) is 0.948. The molecule has 1 amide bonds. The first-order chi connectivity index (χ1) is 7.54. The summed E-state index contributed by atoms with van der Waals surface area (Å²) in [6, 6.07) is 2.94. The van der Waals surface area contributed by atoms with Crippen LogP contribution >= 0.6 is 34.8 Å². The lowest BCUT2D eigenvalue weighted by Gasteiger charge is -2.09. The van der Waals surface area contributed by atoms with E-state index in [0.29, 0.717) is 5.02 Å². The summed E-state index contributed by atoms with van der Waals surface area (Å²) >= 11 is 17.4. The zero-order chi connectivity index (χ0) is 12.1. The van der Waals surface area contributed by atoms with E-state index in [1.54, 1.807) is 0 Å². The van der Waals surface area contributed by atoms with Gasteiger partial charge in [-0.3, -0.25) is 9.63 Å². The summed E-state index contributed by atoms with van der Waals surface area (Å²) in [6.45, 7) is -0.255. The summed E-state index contributed by atoms with van der Waals surface area (Å²) in [4.78, 5) is 15.4. The van der Waals surface area contributed by atoms with Crippen molar-refractivity contribution in [3.8, 4) is 5.75 Å². The first kappa shape index (κ1) is 13.4. The van der Waals surface area contributed by atoms with E-state index in [1.807, 2.05) is 0 Å². The van der Waals surface area contributed by atoms with Crippen molar-refractivity contribution in [3.63, 3.8) is 0 Å². The highest BCUT2D eigenvalue weighted by Gasteiger charge is 2.11. The fourth-order valence-corrected chi connectivity index (χ4v) is 1.87. The normalized spacial score (nSPS) is 10.0. The third kappa shape index (κ3) is 3.72. The maximum absolute atomic E-state index is 11.0. The molecule has 0 aliphatic carbocycles. The van der Waals surface area contributed by atoms with Gasteiger partial charge < -0.3 is 4.74 Å². The first-order valence-corrected chi connectivity index (χ1v) is 5.27. The molecule has 0 aliphatic rings. The van der Waals surface area contributed by atoms with E-state index in [2.05, 4.69) is 10.3 Å². The minimum absolute atomic E-state index is 0.207. The molecule has 88 valence electrons. The van der Waals surface area contributed by atoms with Crippen LogP contribution in [0.3, 0.4) is 0 Å². The van der Waals surface area contributed by atoms with E-state index in [1.165, 1.54) is 19.2 Å². The van der Waals surface area contributed by atoms with Gasteiger partial charge >= 0.3 is 0 Å². The van der Waals surface area contributed by atoms with Crippen LogP contribution in [-0.4, -0.2) is 19.6 Å². The SMILES string of the molecule is CONC(=O)COc1c(Cl)cc(Cl)cc1Cl. The van der Waals surface area contributed by atoms with Crippen LogP contribution in [0.2, 0.25) is 15.1 Å². The molecule has 0 atom stereocenters. The maximum atomic E-state index is 11.0. The monoisotopic (exact) mass is 283 g/mol. The summed E-state index contributed by atoms with van der Waals surface area (Å²) < 4.78 is 5.12. The Morgan fingerprint density at radius 2 is 1.88 bits per heavy atom. The van der Waals surface area contributed by atoms with Gasteiger partial charge in [0.2, 0.25) is 0 Å². The minimum atomic E-state index is -0.454. The molecule has 0 aliphatic heterocycles. The molecule has 4 nitrogen and oxygen atoms in total. The zero-order valence-corrected chi connectivity index (χ0v) is 10.5. The van der Waals surface area contributed by atoms with Gasteiger partial charge in [0.1, 0.15) is 0 Å². The van der Waals surface area contributed by atoms with Crippen LogP contribution < -0.4 is 10.2 Å². The molecule has 1 aromatic rings. The van der Waals surface area contributed by atoms with Gasteiger partial charge in [-0.25, -0.2) is 5.48 Å². The Kier molecular flexibility index (Phi) is 5.15. The number of carbonyl (C=O) groups is 1. The van der Waals surface area contributed by atoms with Crippen LogP contribution in [-0.2, 0) is 9.63 Å². The predicted octanol–water partition coefficient (Wildman–Crippen LogP) is 2.70. The van der Waals surface area contributed by atoms with E-state index in [9.17, 15) is 4.79 Å². The van der Waals surface area contributed by atoms with Crippen molar-refractivity contribution in [2.45, 2.75) is 0 Å². The highest BCUT2D eigenvalue weighted by Crippen LogP contribution is 2.35. The average molecular weight is 285 g/mol. The van der Waals surface area contributed by atoms with Crippen molar-refractivity contribution >= 4 is 40.7 Å². The Morgan fingerprint density at radius 3 is 2.38 bits per heavy atom. The highest BCUT2D eigenvalue weighted by molar-refractivity contribution is 6.40. The summed E-state index contributed by atoms with van der Waals surface area (Å²) in [5.74, 6) is -0.247. The number of amides is 1. The standard InChI is InChI=1S/C9H8Cl3NO3/c1-15-13-8(14)4-16-9-6(11)2-5(10)3-7(9)12/h2-3H,4H2,1H3,(H,13,14). The number of ether oxygens (including phenoxy) is 1. The smallest absolute Gasteiger partial charge is 0.281 e. The summed E-state index contributed by atoms with van der Waals surface area (Å²) in [7, 11) is 1.32. The summed E-state index contributed by atoms with van der Waals surface area (Å²) in [5, 5.41) is 0.870. The van der Waals surface area contributed by atoms with E-state index in [4.69, 9.17) is 39.5 Å². The first-order valence-electron chi connectivity index (χ1n) is 4.13. The molecule has 7 heteroatoms. The van der Waals surface area contributed by atoms with Gasteiger partial charge in [0.15, 0.2) is 12.4 Å². The number of nitrogens with one attached hydrogen (secondary N) is 1. The van der Waals surface area contributed by atoms with Gasteiger partial charge in [-0.2, -0.15) is 0 Å². The third-order valence-electron chi connectivity index (χ3n) is 1.53. The quantitative estimate of drug-likeness (QED) is 0.865. The number of benzene rings is 1. The van der Waals surface area contributed by atoms with E-state index >= 15 is 0 Å². The van der Waals surface area contributed by atoms with Crippen molar-refractivity contribution in [1.29, 1.82) is 0 Å². The molecule has 0 bridgehead atoms. The second kappa shape index (κ2) is 6.15. The number of hydrogen-bond acceptors (Lipinski definition) is 3. The minimum Gasteiger partial charge on any atom is -0.481 e. The van der Waals surface area contributed by atoms with Crippen LogP contribution in [0.25, 0.3) is 0 Å². The molecule has 1 rings (SSSR count). The third-order valence-corrected chi connectivity index (χ3v) is 2.31. The van der Waals surface area contributed by atoms with Gasteiger partial charge in [0.05, 0.1) is 17.2 Å². The Balaban J connectivity index is 2.70. The molecule has 0 spiro atoms. The molecule has 0 saturated carbocycles. The second-order valence-corrected chi connectivity index (χ2v) is 3.97. The van der Waals surface area contributed by atoms with Gasteiger partial charge in [0, 0.05) is 5.02 Å². The summed E-state index contributed by atoms with van der Waals surface area (Å²) in [5.41, 5.74) is 2.09. The Morgan fingerprint density at radius 1 is 1.31 bits per heavy atom. The number of rotatable bonds is 4. The lowest BCUT2D eigenvalue weighted by molar-refractivity contribution is -0.133. The molecule has 0 fully saturated rings. The number of carbonyl (C=O) groups excluding carboxylic acids is 1. The molecule has 1 N–H and O–H groups in total. The van der Waals surface area contributed by atoms with Crippen LogP contribution in [0.15, 0.2) is 12.1 Å². The van der Waals surface area contributed by atoms with Crippen molar-refractivity contribution in [3.05, 3.63) is 27.2 Å². The lowest BCUT2D eigenvalue weighted by atomic mass is 10.3. The highest BCUT2D eigenvalue weighted by atomic mass is 35.5. The molecule has 16 heavy (non-hydrogen) atoms. The molecule has 0 heterocycles. The molecular formula is C9H8Cl3NO3. The maximum Gasteiger partial charge on any atom is 0.281 e. The predicted molar refractivity (Wildman–Crippen MR) is 62.1 cm³/mol. The largest absolute Gasteiger partial charge is 0.481 e. The molecule has 1 aromatic carbocycles. The second-order valence-electron chi connectivity index (χ2n) is 2.72. The van der Waals surface area contributed by atoms with Gasteiger partial charge in [-0.05, 0) is 12.1 Å². The Hall–Kier alpha value is -0.680. The average Bonchev–Trinajstić information content (AvgIpc) is 2.16. The zero-order valence-electron chi connectivity index (χ0n) is 8.22. The van der Waals surface area contributed by atoms with Crippen LogP contribution in [0.5, 0.6) is 5.75 Å². The van der Waals surface area contributed by atoms with Gasteiger partial charge in [-0.1, -0.05) is 34.8 Å². The number of hydrogen-bond donors (Lipinski definition) is 1. The number of halogens is 3. The van der Waals surface area contributed by atoms with E-state index in [0.717, 1.165) is 0 Å². The van der Waals surface area contributed by atoms with Crippen molar-refractivity contribution in [2.75, 3.05) is 13.7 Å². The molecular weight excluding hydrogens is 276 g/mol. The Bertz CT molecular complexity index is 375.